The Labute approximate surface area is 262 Å². The van der Waals surface area contributed by atoms with E-state index in [1.54, 1.807) is 18.2 Å². The van der Waals surface area contributed by atoms with Gasteiger partial charge in [-0.2, -0.15) is 0 Å². The lowest BCUT2D eigenvalue weighted by Crippen LogP contribution is -2.41. The van der Waals surface area contributed by atoms with Crippen LogP contribution in [-0.2, 0) is 0 Å². The fraction of sp³-hybridized carbons (Fsp3) is 0.333. The molecule has 11 heteroatoms. The first-order chi connectivity index (χ1) is 20.9. The summed E-state index contributed by atoms with van der Waals surface area (Å²) in [5, 5.41) is 36.4. The van der Waals surface area contributed by atoms with Gasteiger partial charge in [0.25, 0.3) is 0 Å². The van der Waals surface area contributed by atoms with Crippen LogP contribution in [0.25, 0.3) is 5.65 Å². The van der Waals surface area contributed by atoms with Gasteiger partial charge in [-0.15, -0.1) is 10.2 Å². The minimum atomic E-state index is -0.445. The monoisotopic (exact) mass is 615 g/mol. The summed E-state index contributed by atoms with van der Waals surface area (Å²) >= 11 is 5.97. The molecule has 5 rings (SSSR count). The lowest BCUT2D eigenvalue weighted by molar-refractivity contribution is 0.171. The zero-order chi connectivity index (χ0) is 31.6. The zero-order valence-electron chi connectivity index (χ0n) is 25.5. The van der Waals surface area contributed by atoms with E-state index >= 15 is 0 Å². The predicted octanol–water partition coefficient (Wildman–Crippen LogP) is 7.49. The summed E-state index contributed by atoms with van der Waals surface area (Å²) in [6.45, 7) is 9.92. The zero-order valence-corrected chi connectivity index (χ0v) is 26.2. The van der Waals surface area contributed by atoms with Crippen molar-refractivity contribution in [3.8, 4) is 11.5 Å². The molecule has 230 valence electrons. The number of rotatable bonds is 8. The van der Waals surface area contributed by atoms with Gasteiger partial charge in [0.2, 0.25) is 0 Å². The van der Waals surface area contributed by atoms with E-state index in [0.717, 1.165) is 28.3 Å². The molecule has 5 N–H and O–H groups in total. The number of fused-ring (bicyclic) bond motifs is 2. The van der Waals surface area contributed by atoms with Crippen molar-refractivity contribution in [3.05, 3.63) is 94.7 Å². The van der Waals surface area contributed by atoms with Crippen LogP contribution in [0.15, 0.2) is 72.7 Å². The molecule has 44 heavy (non-hydrogen) atoms. The topological polar surface area (TPSA) is 137 Å². The maximum atomic E-state index is 13.3. The number of carbonyl (C=O) groups is 1. The van der Waals surface area contributed by atoms with Crippen molar-refractivity contribution in [3.63, 3.8) is 0 Å². The van der Waals surface area contributed by atoms with Crippen LogP contribution in [0.3, 0.4) is 0 Å². The fourth-order valence-corrected chi connectivity index (χ4v) is 5.18. The highest BCUT2D eigenvalue weighted by molar-refractivity contribution is 6.32. The number of benzene rings is 2. The van der Waals surface area contributed by atoms with Gasteiger partial charge in [-0.3, -0.25) is 9.72 Å². The number of pyridine rings is 1. The number of hydrogen-bond donors (Lipinski definition) is 5. The Balaban J connectivity index is 1.32. The molecule has 1 aliphatic rings. The molecule has 0 saturated heterocycles. The van der Waals surface area contributed by atoms with E-state index in [1.807, 2.05) is 67.8 Å². The number of nitrogens with one attached hydrogen (secondary N) is 4. The number of phenols is 1. The van der Waals surface area contributed by atoms with Gasteiger partial charge in [0.15, 0.2) is 5.65 Å². The second kappa shape index (κ2) is 12.6. The van der Waals surface area contributed by atoms with Crippen molar-refractivity contribution in [1.82, 2.24) is 25.2 Å². The number of urea groups is 1. The Kier molecular flexibility index (Phi) is 8.82. The molecule has 2 aromatic heterocycles. The largest absolute Gasteiger partial charge is 0.506 e. The number of phenolic OH excluding ortho intramolecular Hbond substituents is 1. The summed E-state index contributed by atoms with van der Waals surface area (Å²) in [4.78, 5) is 13.3. The number of ether oxygens (including phenoxy) is 1. The Hall–Kier alpha value is -4.57. The maximum Gasteiger partial charge on any atom is 0.320 e. The SMILES string of the molecule is CC(C)c1nnc2ccc(O[C@H]3CC[C@H](NC(=O)N/C(=C/C(=N)C(C)(C)C)Nc4ccc(Cl)c(O)c4)c4ccccc43)cn12. The second-order valence-corrected chi connectivity index (χ2v) is 12.7. The third kappa shape index (κ3) is 6.97. The van der Waals surface area contributed by atoms with Crippen molar-refractivity contribution in [1.29, 1.82) is 5.41 Å². The molecule has 2 heterocycles. The minimum Gasteiger partial charge on any atom is -0.506 e. The molecular weight excluding hydrogens is 578 g/mol. The maximum absolute atomic E-state index is 13.3. The number of aromatic hydroxyl groups is 1. The van der Waals surface area contributed by atoms with Crippen LogP contribution in [0.1, 0.15) is 82.5 Å². The van der Waals surface area contributed by atoms with Gasteiger partial charge >= 0.3 is 6.03 Å². The van der Waals surface area contributed by atoms with Crippen LogP contribution in [0.4, 0.5) is 10.5 Å². The van der Waals surface area contributed by atoms with Gasteiger partial charge in [0, 0.05) is 34.9 Å². The fourth-order valence-electron chi connectivity index (χ4n) is 5.07. The summed E-state index contributed by atoms with van der Waals surface area (Å²) in [5.41, 5.74) is 3.14. The minimum absolute atomic E-state index is 0.0936. The Morgan fingerprint density at radius 1 is 1.11 bits per heavy atom. The summed E-state index contributed by atoms with van der Waals surface area (Å²) in [6, 6.07) is 15.8. The van der Waals surface area contributed by atoms with E-state index in [1.165, 1.54) is 6.07 Å². The molecule has 10 nitrogen and oxygen atoms in total. The highest BCUT2D eigenvalue weighted by Gasteiger charge is 2.30. The van der Waals surface area contributed by atoms with Gasteiger partial charge in [0.05, 0.1) is 17.3 Å². The normalized spacial score (nSPS) is 16.8. The van der Waals surface area contributed by atoms with E-state index in [0.29, 0.717) is 30.1 Å². The molecule has 0 bridgehead atoms. The lowest BCUT2D eigenvalue weighted by atomic mass is 9.85. The number of hydrogen-bond acceptors (Lipinski definition) is 7. The molecule has 2 atom stereocenters. The molecule has 2 aromatic carbocycles. The van der Waals surface area contributed by atoms with Crippen LogP contribution in [0.2, 0.25) is 5.02 Å². The third-order valence-electron chi connectivity index (χ3n) is 7.51. The average molecular weight is 616 g/mol. The average Bonchev–Trinajstić information content (AvgIpc) is 3.39. The van der Waals surface area contributed by atoms with Gasteiger partial charge < -0.3 is 25.9 Å². The molecule has 0 saturated carbocycles. The Morgan fingerprint density at radius 3 is 2.57 bits per heavy atom. The molecule has 0 unspecified atom stereocenters. The molecule has 1 aliphatic carbocycles. The first-order valence-electron chi connectivity index (χ1n) is 14.6. The number of nitrogens with zero attached hydrogens (tertiary/aromatic N) is 3. The van der Waals surface area contributed by atoms with E-state index in [-0.39, 0.29) is 28.8 Å². The van der Waals surface area contributed by atoms with Crippen molar-refractivity contribution in [2.75, 3.05) is 5.32 Å². The van der Waals surface area contributed by atoms with Gasteiger partial charge in [0.1, 0.15) is 29.2 Å². The third-order valence-corrected chi connectivity index (χ3v) is 7.83. The molecule has 4 aromatic rings. The summed E-state index contributed by atoms with van der Waals surface area (Å²) in [5.74, 6) is 2.01. The second-order valence-electron chi connectivity index (χ2n) is 12.3. The van der Waals surface area contributed by atoms with Crippen LogP contribution in [-0.4, -0.2) is 31.4 Å². The first kappa shape index (κ1) is 30.9. The Bertz CT molecular complexity index is 1720. The number of aromatic nitrogens is 3. The number of amides is 2. The molecule has 0 spiro atoms. The van der Waals surface area contributed by atoms with Crippen molar-refractivity contribution < 1.29 is 14.6 Å². The number of allylic oxidation sites excluding steroid dienone is 1. The standard InChI is InChI=1S/C33H38ClN7O3/c1-19(2)31-40-39-30-15-11-21(18-41(30)31)44-27-14-13-25(22-8-6-7-9-23(22)27)37-32(43)38-29(17-28(35)33(3,4)5)36-20-10-12-24(34)26(42)16-20/h6-12,15-19,25,27,35-36,42H,13-14H2,1-5H3,(H2,37,38,43)/b29-17+,35-28?/t25-,27-/m0/s1. The molecular formula is C33H38ClN7O3. The smallest absolute Gasteiger partial charge is 0.320 e. The first-order valence-corrected chi connectivity index (χ1v) is 15.0. The molecule has 0 radical (unpaired) electrons. The Morgan fingerprint density at radius 2 is 1.86 bits per heavy atom. The number of anilines is 1. The predicted molar refractivity (Wildman–Crippen MR) is 173 cm³/mol. The van der Waals surface area contributed by atoms with Gasteiger partial charge in [-0.25, -0.2) is 4.79 Å². The lowest BCUT2D eigenvalue weighted by Gasteiger charge is -2.32. The molecule has 0 aliphatic heterocycles. The summed E-state index contributed by atoms with van der Waals surface area (Å²) in [6.07, 6.45) is 4.67. The van der Waals surface area contributed by atoms with Crippen molar-refractivity contribution in [2.45, 2.75) is 65.5 Å². The van der Waals surface area contributed by atoms with E-state index in [4.69, 9.17) is 21.7 Å². The summed E-state index contributed by atoms with van der Waals surface area (Å²) < 4.78 is 8.46. The number of halogens is 1. The van der Waals surface area contributed by atoms with E-state index in [2.05, 4.69) is 40.0 Å². The van der Waals surface area contributed by atoms with E-state index in [9.17, 15) is 9.90 Å². The molecule has 2 amide bonds. The highest BCUT2D eigenvalue weighted by Crippen LogP contribution is 2.39. The molecule has 0 fully saturated rings. The van der Waals surface area contributed by atoms with Crippen LogP contribution in [0, 0.1) is 10.8 Å². The van der Waals surface area contributed by atoms with Crippen LogP contribution < -0.4 is 20.7 Å². The quantitative estimate of drug-likeness (QED) is 0.130. The van der Waals surface area contributed by atoms with Crippen LogP contribution in [0.5, 0.6) is 11.5 Å². The summed E-state index contributed by atoms with van der Waals surface area (Å²) in [7, 11) is 0. The number of carbonyl (C=O) groups excluding carboxylic acids is 1. The van der Waals surface area contributed by atoms with Crippen molar-refractivity contribution >= 4 is 34.7 Å². The van der Waals surface area contributed by atoms with Gasteiger partial charge in [-0.05, 0) is 48.2 Å². The van der Waals surface area contributed by atoms with Crippen LogP contribution >= 0.6 is 11.6 Å². The van der Waals surface area contributed by atoms with Gasteiger partial charge in [-0.1, -0.05) is 70.5 Å². The van der Waals surface area contributed by atoms with Crippen molar-refractivity contribution in [2.24, 2.45) is 5.41 Å². The van der Waals surface area contributed by atoms with E-state index < -0.39 is 11.4 Å². The highest BCUT2D eigenvalue weighted by atomic mass is 35.5.